The predicted molar refractivity (Wildman–Crippen MR) is 152 cm³/mol. The second-order valence-electron chi connectivity index (χ2n) is 10.2. The number of nitrogens with zero attached hydrogens (tertiary/aromatic N) is 2. The zero-order valence-corrected chi connectivity index (χ0v) is 22.4. The second kappa shape index (κ2) is 12.6. The van der Waals surface area contributed by atoms with Crippen LogP contribution in [0.1, 0.15) is 61.8 Å². The lowest BCUT2D eigenvalue weighted by Gasteiger charge is -2.33. The number of hydrogen-bond acceptors (Lipinski definition) is 4. The van der Waals surface area contributed by atoms with E-state index in [0.717, 1.165) is 59.0 Å². The molecule has 2 N–H and O–H groups in total. The van der Waals surface area contributed by atoms with Crippen molar-refractivity contribution in [3.63, 3.8) is 0 Å². The molecular formula is C32H36N4O3. The van der Waals surface area contributed by atoms with Gasteiger partial charge in [-0.3, -0.25) is 14.6 Å². The normalized spacial score (nSPS) is 14.6. The Morgan fingerprint density at radius 2 is 1.85 bits per heavy atom. The Hall–Kier alpha value is -4.13. The number of rotatable bonds is 10. The van der Waals surface area contributed by atoms with Crippen LogP contribution in [-0.4, -0.2) is 39.3 Å². The standard InChI is InChI=1S/C32H36N4O3/c1-2-39-27-16-14-24(15-17-27)31(32(38)35-26-10-4-3-5-11-26)36(22-23-9-8-18-33-20-23)30(37)19-25-21-34-29-13-7-6-12-28(25)29/h6-9,12-18,20-21,26,31,34H,2-5,10-11,19,22H2,1H3,(H,35,38). The average molecular weight is 525 g/mol. The van der Waals surface area contributed by atoms with Crippen molar-refractivity contribution < 1.29 is 14.3 Å². The van der Waals surface area contributed by atoms with Crippen molar-refractivity contribution >= 4 is 22.7 Å². The first kappa shape index (κ1) is 26.5. The van der Waals surface area contributed by atoms with Crippen LogP contribution < -0.4 is 10.1 Å². The highest BCUT2D eigenvalue weighted by atomic mass is 16.5. The second-order valence-corrected chi connectivity index (χ2v) is 10.2. The number of aromatic amines is 1. The Balaban J connectivity index is 1.51. The van der Waals surface area contributed by atoms with Gasteiger partial charge in [0.1, 0.15) is 11.8 Å². The van der Waals surface area contributed by atoms with E-state index in [1.807, 2.05) is 73.8 Å². The van der Waals surface area contributed by atoms with Crippen LogP contribution in [0.5, 0.6) is 5.75 Å². The Labute approximate surface area is 229 Å². The Kier molecular flexibility index (Phi) is 8.56. The SMILES string of the molecule is CCOc1ccc(C(C(=O)NC2CCCCC2)N(Cc2cccnc2)C(=O)Cc2c[nH]c3ccccc23)cc1. The molecule has 2 aromatic carbocycles. The highest BCUT2D eigenvalue weighted by molar-refractivity contribution is 5.92. The van der Waals surface area contributed by atoms with Crippen LogP contribution in [0.3, 0.4) is 0 Å². The van der Waals surface area contributed by atoms with E-state index in [0.29, 0.717) is 6.61 Å². The van der Waals surface area contributed by atoms with Crippen LogP contribution in [0.2, 0.25) is 0 Å². The van der Waals surface area contributed by atoms with E-state index in [1.165, 1.54) is 6.42 Å². The van der Waals surface area contributed by atoms with E-state index in [2.05, 4.69) is 15.3 Å². The monoisotopic (exact) mass is 524 g/mol. The lowest BCUT2D eigenvalue weighted by Crippen LogP contribution is -2.47. The van der Waals surface area contributed by atoms with Crippen molar-refractivity contribution in [3.05, 3.63) is 95.9 Å². The summed E-state index contributed by atoms with van der Waals surface area (Å²) in [5.41, 5.74) is 3.51. The maximum Gasteiger partial charge on any atom is 0.247 e. The number of carbonyl (C=O) groups excluding carboxylic acids is 2. The molecule has 5 rings (SSSR count). The van der Waals surface area contributed by atoms with Crippen LogP contribution in [0.4, 0.5) is 0 Å². The van der Waals surface area contributed by atoms with Gasteiger partial charge in [0.15, 0.2) is 0 Å². The third-order valence-electron chi connectivity index (χ3n) is 7.43. The lowest BCUT2D eigenvalue weighted by atomic mass is 9.94. The molecule has 1 unspecified atom stereocenters. The van der Waals surface area contributed by atoms with Gasteiger partial charge in [-0.25, -0.2) is 0 Å². The molecular weight excluding hydrogens is 488 g/mol. The molecule has 2 aromatic heterocycles. The molecule has 1 saturated carbocycles. The molecule has 2 amide bonds. The third kappa shape index (κ3) is 6.48. The minimum absolute atomic E-state index is 0.124. The number of ether oxygens (including phenoxy) is 1. The molecule has 2 heterocycles. The number of benzene rings is 2. The molecule has 0 radical (unpaired) electrons. The average Bonchev–Trinajstić information content (AvgIpc) is 3.37. The van der Waals surface area contributed by atoms with Gasteiger partial charge in [-0.2, -0.15) is 0 Å². The maximum absolute atomic E-state index is 14.1. The molecule has 7 nitrogen and oxygen atoms in total. The summed E-state index contributed by atoms with van der Waals surface area (Å²) in [4.78, 5) is 37.4. The van der Waals surface area contributed by atoms with Gasteiger partial charge in [-0.15, -0.1) is 0 Å². The first-order valence-corrected chi connectivity index (χ1v) is 13.9. The number of aromatic nitrogens is 2. The van der Waals surface area contributed by atoms with Crippen molar-refractivity contribution in [2.45, 2.75) is 64.1 Å². The minimum Gasteiger partial charge on any atom is -0.494 e. The predicted octanol–water partition coefficient (Wildman–Crippen LogP) is 5.72. The number of pyridine rings is 1. The van der Waals surface area contributed by atoms with Crippen LogP contribution in [0.25, 0.3) is 10.9 Å². The minimum atomic E-state index is -0.791. The first-order valence-electron chi connectivity index (χ1n) is 13.9. The third-order valence-corrected chi connectivity index (χ3v) is 7.43. The topological polar surface area (TPSA) is 87.3 Å². The molecule has 0 saturated heterocycles. The van der Waals surface area contributed by atoms with Crippen molar-refractivity contribution in [2.24, 2.45) is 0 Å². The quantitative estimate of drug-likeness (QED) is 0.278. The summed E-state index contributed by atoms with van der Waals surface area (Å²) < 4.78 is 5.64. The molecule has 0 spiro atoms. The fraction of sp³-hybridized carbons (Fsp3) is 0.344. The summed E-state index contributed by atoms with van der Waals surface area (Å²) in [7, 11) is 0. The number of nitrogens with one attached hydrogen (secondary N) is 2. The van der Waals surface area contributed by atoms with Gasteiger partial charge in [0, 0.05) is 42.1 Å². The highest BCUT2D eigenvalue weighted by Crippen LogP contribution is 2.29. The molecule has 0 bridgehead atoms. The number of para-hydroxylation sites is 1. The summed E-state index contributed by atoms with van der Waals surface area (Å²) in [6, 6.07) is 18.6. The van der Waals surface area contributed by atoms with E-state index in [9.17, 15) is 9.59 Å². The van der Waals surface area contributed by atoms with Gasteiger partial charge in [-0.1, -0.05) is 55.7 Å². The van der Waals surface area contributed by atoms with Crippen LogP contribution in [-0.2, 0) is 22.6 Å². The number of hydrogen-bond donors (Lipinski definition) is 2. The zero-order valence-electron chi connectivity index (χ0n) is 22.4. The largest absolute Gasteiger partial charge is 0.494 e. The summed E-state index contributed by atoms with van der Waals surface area (Å²) >= 11 is 0. The molecule has 7 heteroatoms. The Morgan fingerprint density at radius 3 is 2.59 bits per heavy atom. The number of carbonyl (C=O) groups is 2. The fourth-order valence-electron chi connectivity index (χ4n) is 5.47. The summed E-state index contributed by atoms with van der Waals surface area (Å²) in [6.45, 7) is 2.76. The lowest BCUT2D eigenvalue weighted by molar-refractivity contribution is -0.141. The zero-order chi connectivity index (χ0) is 27.0. The van der Waals surface area contributed by atoms with E-state index < -0.39 is 6.04 Å². The first-order chi connectivity index (χ1) is 19.1. The number of H-pyrrole nitrogens is 1. The Morgan fingerprint density at radius 1 is 1.05 bits per heavy atom. The van der Waals surface area contributed by atoms with Crippen molar-refractivity contribution in [3.8, 4) is 5.75 Å². The van der Waals surface area contributed by atoms with Crippen LogP contribution >= 0.6 is 0 Å². The smallest absolute Gasteiger partial charge is 0.247 e. The van der Waals surface area contributed by atoms with Gasteiger partial charge in [0.2, 0.25) is 11.8 Å². The number of fused-ring (bicyclic) bond motifs is 1. The molecule has 0 aliphatic heterocycles. The van der Waals surface area contributed by atoms with Crippen LogP contribution in [0, 0.1) is 0 Å². The molecule has 1 atom stereocenters. The van der Waals surface area contributed by atoms with Crippen molar-refractivity contribution in [2.75, 3.05) is 6.61 Å². The summed E-state index contributed by atoms with van der Waals surface area (Å²) in [5.74, 6) is 0.458. The van der Waals surface area contributed by atoms with Crippen molar-refractivity contribution in [1.82, 2.24) is 20.2 Å². The van der Waals surface area contributed by atoms with E-state index in [4.69, 9.17) is 4.74 Å². The molecule has 1 aliphatic rings. The van der Waals surface area contributed by atoms with Crippen LogP contribution in [0.15, 0.2) is 79.3 Å². The molecule has 39 heavy (non-hydrogen) atoms. The van der Waals surface area contributed by atoms with Gasteiger partial charge in [0.05, 0.1) is 13.0 Å². The fourth-order valence-corrected chi connectivity index (χ4v) is 5.47. The van der Waals surface area contributed by atoms with E-state index in [-0.39, 0.29) is 30.8 Å². The summed E-state index contributed by atoms with van der Waals surface area (Å²) in [6.07, 6.45) is 10.9. The Bertz CT molecular complexity index is 1380. The van der Waals surface area contributed by atoms with E-state index in [1.54, 1.807) is 17.3 Å². The van der Waals surface area contributed by atoms with Gasteiger partial charge >= 0.3 is 0 Å². The van der Waals surface area contributed by atoms with Crippen molar-refractivity contribution in [1.29, 1.82) is 0 Å². The molecule has 1 aliphatic carbocycles. The maximum atomic E-state index is 14.1. The van der Waals surface area contributed by atoms with Gasteiger partial charge in [0.25, 0.3) is 0 Å². The van der Waals surface area contributed by atoms with Gasteiger partial charge < -0.3 is 19.9 Å². The highest BCUT2D eigenvalue weighted by Gasteiger charge is 2.33. The summed E-state index contributed by atoms with van der Waals surface area (Å²) in [5, 5.41) is 4.29. The molecule has 1 fully saturated rings. The number of amides is 2. The van der Waals surface area contributed by atoms with Gasteiger partial charge in [-0.05, 0) is 60.7 Å². The molecule has 4 aromatic rings. The molecule has 202 valence electrons. The van der Waals surface area contributed by atoms with E-state index >= 15 is 0 Å².